The Balaban J connectivity index is 1.52. The van der Waals surface area contributed by atoms with Gasteiger partial charge in [0, 0.05) is 22.3 Å². The molecule has 0 fully saturated rings. The molecule has 4 N–H and O–H groups in total. The van der Waals surface area contributed by atoms with Crippen molar-refractivity contribution in [3.8, 4) is 22.4 Å². The minimum atomic E-state index is -4.46. The van der Waals surface area contributed by atoms with E-state index in [1.54, 1.807) is 30.6 Å². The maximum atomic E-state index is 12.8. The number of nitrogens with zero attached hydrogens (tertiary/aromatic N) is 1. The zero-order valence-electron chi connectivity index (χ0n) is 16.9. The molecule has 6 nitrogen and oxygen atoms in total. The number of hydrogen-bond donors (Lipinski definition) is 4. The molecule has 2 aromatic carbocycles. The number of aromatic amines is 2. The first-order valence-corrected chi connectivity index (χ1v) is 10.2. The molecule has 2 heterocycles. The lowest BCUT2D eigenvalue weighted by Gasteiger charge is -2.17. The Morgan fingerprint density at radius 2 is 1.88 bits per heavy atom. The van der Waals surface area contributed by atoms with E-state index in [-0.39, 0.29) is 5.69 Å². The summed E-state index contributed by atoms with van der Waals surface area (Å²) < 4.78 is 38.3. The Morgan fingerprint density at radius 1 is 1.12 bits per heavy atom. The molecule has 2 aromatic heterocycles. The van der Waals surface area contributed by atoms with Crippen molar-refractivity contribution in [2.75, 3.05) is 6.61 Å². The molecule has 0 saturated carbocycles. The van der Waals surface area contributed by atoms with Crippen molar-refractivity contribution in [1.82, 2.24) is 20.5 Å². The molecule has 0 radical (unpaired) electrons. The zero-order valence-corrected chi connectivity index (χ0v) is 17.7. The van der Waals surface area contributed by atoms with Gasteiger partial charge in [0.1, 0.15) is 5.69 Å². The van der Waals surface area contributed by atoms with Crippen LogP contribution in [0.1, 0.15) is 27.7 Å². The first kappa shape index (κ1) is 22.6. The third kappa shape index (κ3) is 4.94. The number of H-pyrrole nitrogens is 2. The van der Waals surface area contributed by atoms with Crippen LogP contribution in [0.25, 0.3) is 22.4 Å². The lowest BCUT2D eigenvalue weighted by atomic mass is 10.0. The van der Waals surface area contributed by atoms with Crippen LogP contribution in [-0.4, -0.2) is 32.8 Å². The molecule has 0 aliphatic carbocycles. The summed E-state index contributed by atoms with van der Waals surface area (Å²) in [5.41, 5.74) is 2.74. The van der Waals surface area contributed by atoms with Gasteiger partial charge in [0.2, 0.25) is 0 Å². The van der Waals surface area contributed by atoms with E-state index < -0.39 is 30.3 Å². The van der Waals surface area contributed by atoms with Crippen molar-refractivity contribution in [1.29, 1.82) is 0 Å². The minimum absolute atomic E-state index is 0.210. The fraction of sp³-hybridized carbons (Fsp3) is 0.130. The zero-order chi connectivity index (χ0) is 23.6. The van der Waals surface area contributed by atoms with E-state index in [1.807, 2.05) is 12.1 Å². The van der Waals surface area contributed by atoms with E-state index in [0.29, 0.717) is 21.8 Å². The van der Waals surface area contributed by atoms with E-state index in [2.05, 4.69) is 20.5 Å². The second-order valence-corrected chi connectivity index (χ2v) is 7.74. The topological polar surface area (TPSA) is 93.8 Å². The molecule has 1 atom stereocenters. The summed E-state index contributed by atoms with van der Waals surface area (Å²) in [6, 6.07) is 12.3. The minimum Gasteiger partial charge on any atom is -0.394 e. The van der Waals surface area contributed by atoms with Crippen molar-refractivity contribution in [2.45, 2.75) is 12.2 Å². The molecule has 0 saturated heterocycles. The lowest BCUT2D eigenvalue weighted by molar-refractivity contribution is -0.137. The fourth-order valence-electron chi connectivity index (χ4n) is 3.43. The predicted molar refractivity (Wildman–Crippen MR) is 118 cm³/mol. The number of carbonyl (C=O) groups is 1. The van der Waals surface area contributed by atoms with Gasteiger partial charge in [-0.05, 0) is 41.5 Å². The molecule has 10 heteroatoms. The smallest absolute Gasteiger partial charge is 0.394 e. The molecular formula is C23H18ClF3N4O2. The summed E-state index contributed by atoms with van der Waals surface area (Å²) in [6.07, 6.45) is -1.18. The third-order valence-electron chi connectivity index (χ3n) is 5.12. The van der Waals surface area contributed by atoms with Crippen molar-refractivity contribution >= 4 is 17.5 Å². The van der Waals surface area contributed by atoms with Gasteiger partial charge in [-0.3, -0.25) is 9.89 Å². The number of aliphatic hydroxyl groups is 1. The molecule has 33 heavy (non-hydrogen) atoms. The molecule has 4 rings (SSSR count). The van der Waals surface area contributed by atoms with Gasteiger partial charge >= 0.3 is 6.18 Å². The highest BCUT2D eigenvalue weighted by Crippen LogP contribution is 2.32. The second-order valence-electron chi connectivity index (χ2n) is 7.30. The van der Waals surface area contributed by atoms with Gasteiger partial charge in [-0.2, -0.15) is 18.3 Å². The summed E-state index contributed by atoms with van der Waals surface area (Å²) in [5.74, 6) is -0.524. The second kappa shape index (κ2) is 9.13. The normalized spacial score (nSPS) is 12.5. The number of carbonyl (C=O) groups excluding carboxylic acids is 1. The predicted octanol–water partition coefficient (Wildman–Crippen LogP) is 5.21. The molecule has 170 valence electrons. The first-order valence-electron chi connectivity index (χ1n) is 9.83. The van der Waals surface area contributed by atoms with Gasteiger partial charge in [-0.15, -0.1) is 0 Å². The average molecular weight is 475 g/mol. The molecule has 4 aromatic rings. The van der Waals surface area contributed by atoms with Crippen LogP contribution < -0.4 is 5.32 Å². The third-order valence-corrected chi connectivity index (χ3v) is 5.35. The van der Waals surface area contributed by atoms with Crippen LogP contribution in [0.5, 0.6) is 0 Å². The molecule has 1 amide bonds. The van der Waals surface area contributed by atoms with Crippen molar-refractivity contribution in [2.24, 2.45) is 0 Å². The molecule has 0 bridgehead atoms. The van der Waals surface area contributed by atoms with Crippen LogP contribution >= 0.6 is 11.6 Å². The summed E-state index contributed by atoms with van der Waals surface area (Å²) in [7, 11) is 0. The summed E-state index contributed by atoms with van der Waals surface area (Å²) in [5, 5.41) is 19.9. The van der Waals surface area contributed by atoms with Crippen molar-refractivity contribution in [3.63, 3.8) is 0 Å². The highest BCUT2D eigenvalue weighted by Gasteiger charge is 2.30. The SMILES string of the molecule is O=C(NC(CO)c1ccc(C(F)(F)F)cc1)c1cc(-c2[nH]ncc2-c2cccc(Cl)c2)c[nH]1. The van der Waals surface area contributed by atoms with Gasteiger partial charge in [-0.1, -0.05) is 35.9 Å². The molecule has 1 unspecified atom stereocenters. The molecule has 0 aliphatic heterocycles. The lowest BCUT2D eigenvalue weighted by Crippen LogP contribution is -2.31. The van der Waals surface area contributed by atoms with Gasteiger partial charge in [-0.25, -0.2) is 0 Å². The maximum absolute atomic E-state index is 12.8. The Hall–Kier alpha value is -3.56. The van der Waals surface area contributed by atoms with Gasteiger partial charge < -0.3 is 15.4 Å². The summed E-state index contributed by atoms with van der Waals surface area (Å²) in [4.78, 5) is 15.6. The largest absolute Gasteiger partial charge is 0.416 e. The summed E-state index contributed by atoms with van der Waals surface area (Å²) >= 11 is 6.08. The highest BCUT2D eigenvalue weighted by molar-refractivity contribution is 6.30. The van der Waals surface area contributed by atoms with Crippen LogP contribution in [0, 0.1) is 0 Å². The Kier molecular flexibility index (Phi) is 6.26. The molecule has 0 spiro atoms. The van der Waals surface area contributed by atoms with Crippen LogP contribution in [0.4, 0.5) is 13.2 Å². The Labute approximate surface area is 191 Å². The van der Waals surface area contributed by atoms with E-state index in [9.17, 15) is 23.1 Å². The van der Waals surface area contributed by atoms with Gasteiger partial charge in [0.25, 0.3) is 5.91 Å². The average Bonchev–Trinajstić information content (AvgIpc) is 3.46. The number of benzene rings is 2. The number of aliphatic hydroxyl groups excluding tert-OH is 1. The number of rotatable bonds is 6. The molecular weight excluding hydrogens is 457 g/mol. The van der Waals surface area contributed by atoms with E-state index >= 15 is 0 Å². The highest BCUT2D eigenvalue weighted by atomic mass is 35.5. The van der Waals surface area contributed by atoms with Gasteiger partial charge in [0.15, 0.2) is 0 Å². The van der Waals surface area contributed by atoms with Crippen LogP contribution in [0.3, 0.4) is 0 Å². The Bertz CT molecular complexity index is 1270. The number of hydrogen-bond acceptors (Lipinski definition) is 3. The van der Waals surface area contributed by atoms with Crippen LogP contribution in [-0.2, 0) is 6.18 Å². The Morgan fingerprint density at radius 3 is 2.55 bits per heavy atom. The first-order chi connectivity index (χ1) is 15.8. The maximum Gasteiger partial charge on any atom is 0.416 e. The quantitative estimate of drug-likeness (QED) is 0.309. The van der Waals surface area contributed by atoms with E-state index in [4.69, 9.17) is 11.6 Å². The number of nitrogens with one attached hydrogen (secondary N) is 3. The number of halogens is 4. The van der Waals surface area contributed by atoms with Crippen LogP contribution in [0.15, 0.2) is 67.0 Å². The number of alkyl halides is 3. The van der Waals surface area contributed by atoms with E-state index in [1.165, 1.54) is 12.1 Å². The summed E-state index contributed by atoms with van der Waals surface area (Å²) in [6.45, 7) is -0.482. The van der Waals surface area contributed by atoms with Crippen LogP contribution in [0.2, 0.25) is 5.02 Å². The monoisotopic (exact) mass is 474 g/mol. The van der Waals surface area contributed by atoms with Gasteiger partial charge in [0.05, 0.1) is 30.1 Å². The standard InChI is InChI=1S/C23H18ClF3N4O2/c24-17-3-1-2-14(8-17)18-11-29-31-21(18)15-9-19(28-10-15)22(33)30-20(12-32)13-4-6-16(7-5-13)23(25,26)27/h1-11,20,28,32H,12H2,(H,29,31)(H,30,33). The fourth-order valence-corrected chi connectivity index (χ4v) is 3.62. The van der Waals surface area contributed by atoms with E-state index in [0.717, 1.165) is 23.3 Å². The van der Waals surface area contributed by atoms with Crippen molar-refractivity contribution in [3.05, 3.63) is 88.8 Å². The molecule has 0 aliphatic rings. The van der Waals surface area contributed by atoms with Crippen molar-refractivity contribution < 1.29 is 23.1 Å². The number of aromatic nitrogens is 3. The number of amides is 1.